The van der Waals surface area contributed by atoms with Crippen molar-refractivity contribution in [3.05, 3.63) is 66.0 Å². The Morgan fingerprint density at radius 1 is 0.939 bits per heavy atom. The van der Waals surface area contributed by atoms with Crippen LogP contribution in [-0.2, 0) is 11.0 Å². The molecule has 0 bridgehead atoms. The number of carbonyl (C=O) groups excluding carboxylic acids is 2. The van der Waals surface area contributed by atoms with E-state index in [1.807, 2.05) is 11.8 Å². The molecule has 0 unspecified atom stereocenters. The summed E-state index contributed by atoms with van der Waals surface area (Å²) in [5.41, 5.74) is 1.59. The van der Waals surface area contributed by atoms with E-state index in [-0.39, 0.29) is 23.8 Å². The molecule has 2 amide bonds. The lowest BCUT2D eigenvalue weighted by Gasteiger charge is -2.38. The second-order valence-electron chi connectivity index (χ2n) is 13.2. The van der Waals surface area contributed by atoms with Gasteiger partial charge >= 0.3 is 6.18 Å². The second-order valence-corrected chi connectivity index (χ2v) is 13.2. The Labute approximate surface area is 285 Å². The van der Waals surface area contributed by atoms with Crippen molar-refractivity contribution in [2.24, 2.45) is 5.92 Å². The van der Waals surface area contributed by atoms with Crippen LogP contribution in [0.3, 0.4) is 0 Å². The lowest BCUT2D eigenvalue weighted by Crippen LogP contribution is -2.45. The molecule has 3 fully saturated rings. The molecule has 0 spiro atoms. The number of alkyl halides is 3. The number of carbonyl (C=O) groups is 2. The van der Waals surface area contributed by atoms with Crippen LogP contribution in [0.1, 0.15) is 74.2 Å². The minimum absolute atomic E-state index is 0.00925. The van der Waals surface area contributed by atoms with Crippen molar-refractivity contribution in [2.75, 3.05) is 55.7 Å². The van der Waals surface area contributed by atoms with Crippen molar-refractivity contribution in [3.63, 3.8) is 0 Å². The Kier molecular flexibility index (Phi) is 11.0. The third-order valence-corrected chi connectivity index (χ3v) is 9.92. The molecule has 262 valence electrons. The van der Waals surface area contributed by atoms with E-state index < -0.39 is 11.7 Å². The molecule has 2 aromatic carbocycles. The number of halogens is 3. The smallest absolute Gasteiger partial charge is 0.416 e. The highest BCUT2D eigenvalue weighted by molar-refractivity contribution is 6.01. The molecule has 49 heavy (non-hydrogen) atoms. The molecule has 9 nitrogen and oxygen atoms in total. The molecule has 0 radical (unpaired) electrons. The zero-order valence-electron chi connectivity index (χ0n) is 28.1. The monoisotopic (exact) mass is 678 g/mol. The lowest BCUT2D eigenvalue weighted by molar-refractivity contribution is -0.137. The number of aromatic nitrogens is 2. The van der Waals surface area contributed by atoms with E-state index in [1.165, 1.54) is 18.5 Å². The van der Waals surface area contributed by atoms with Crippen LogP contribution in [0, 0.1) is 5.92 Å². The average Bonchev–Trinajstić information content (AvgIpc) is 3.04. The van der Waals surface area contributed by atoms with Crippen molar-refractivity contribution in [2.45, 2.75) is 70.5 Å². The molecule has 6 rings (SSSR count). The highest BCUT2D eigenvalue weighted by atomic mass is 19.4. The van der Waals surface area contributed by atoms with Crippen LogP contribution >= 0.6 is 0 Å². The van der Waals surface area contributed by atoms with Crippen LogP contribution in [0.15, 0.2) is 54.9 Å². The van der Waals surface area contributed by atoms with Gasteiger partial charge in [0.1, 0.15) is 12.0 Å². The van der Waals surface area contributed by atoms with E-state index in [0.717, 1.165) is 102 Å². The maximum absolute atomic E-state index is 13.7. The van der Waals surface area contributed by atoms with Gasteiger partial charge in [0.05, 0.1) is 12.2 Å². The number of rotatable bonds is 13. The predicted molar refractivity (Wildman–Crippen MR) is 183 cm³/mol. The summed E-state index contributed by atoms with van der Waals surface area (Å²) in [4.78, 5) is 42.6. The normalized spacial score (nSPS) is 17.3. The van der Waals surface area contributed by atoms with Crippen LogP contribution in [-0.4, -0.2) is 78.6 Å². The molecule has 12 heteroatoms. The van der Waals surface area contributed by atoms with Gasteiger partial charge in [-0.2, -0.15) is 18.2 Å². The number of piperidine rings is 1. The summed E-state index contributed by atoms with van der Waals surface area (Å²) < 4.78 is 45.1. The van der Waals surface area contributed by atoms with Crippen molar-refractivity contribution in [1.82, 2.24) is 20.2 Å². The number of nitrogens with one attached hydrogen (secondary N) is 1. The van der Waals surface area contributed by atoms with Crippen LogP contribution in [0.2, 0.25) is 0 Å². The number of benzene rings is 2. The standard InChI is InChI=1S/C37H45F3N6O3/c1-2-49-35-32(33(41-25-42-35)45-20-8-21-45)46(36(48)27-9-7-10-27)22-6-5-19-44-23-17-29(18-24-44)43-34(47)31-12-4-3-11-30(31)26-13-15-28(16-14-26)37(38,39)40/h3-4,11-16,25,27,29H,2,5-10,17-24H2,1H3,(H,43,47). The van der Waals surface area contributed by atoms with Gasteiger partial charge in [-0.15, -0.1) is 0 Å². The SMILES string of the molecule is CCOc1ncnc(N2CCC2)c1N(CCCCN1CCC(NC(=O)c2ccccc2-c2ccc(C(F)(F)F)cc2)CC1)C(=O)C1CCC1. The first-order valence-corrected chi connectivity index (χ1v) is 17.6. The summed E-state index contributed by atoms with van der Waals surface area (Å²) >= 11 is 0. The summed E-state index contributed by atoms with van der Waals surface area (Å²) in [7, 11) is 0. The number of hydrogen-bond acceptors (Lipinski definition) is 7. The van der Waals surface area contributed by atoms with Gasteiger partial charge in [-0.25, -0.2) is 4.98 Å². The largest absolute Gasteiger partial charge is 0.476 e. The van der Waals surface area contributed by atoms with Crippen molar-refractivity contribution < 1.29 is 27.5 Å². The highest BCUT2D eigenvalue weighted by Gasteiger charge is 2.35. The molecule has 3 heterocycles. The van der Waals surface area contributed by atoms with Crippen molar-refractivity contribution in [1.29, 1.82) is 0 Å². The van der Waals surface area contributed by atoms with Gasteiger partial charge < -0.3 is 24.8 Å². The molecule has 1 N–H and O–H groups in total. The summed E-state index contributed by atoms with van der Waals surface area (Å²) in [6, 6.07) is 11.9. The highest BCUT2D eigenvalue weighted by Crippen LogP contribution is 2.40. The molecule has 2 saturated heterocycles. The molecule has 2 aliphatic heterocycles. The van der Waals surface area contributed by atoms with Crippen LogP contribution < -0.4 is 19.9 Å². The van der Waals surface area contributed by atoms with E-state index in [4.69, 9.17) is 4.74 Å². The molecule has 3 aliphatic rings. The molecular weight excluding hydrogens is 633 g/mol. The maximum Gasteiger partial charge on any atom is 0.416 e. The number of nitrogens with zero attached hydrogens (tertiary/aromatic N) is 5. The fourth-order valence-electron chi connectivity index (χ4n) is 6.74. The topological polar surface area (TPSA) is 90.9 Å². The number of anilines is 2. The average molecular weight is 679 g/mol. The second kappa shape index (κ2) is 15.6. The lowest BCUT2D eigenvalue weighted by atomic mass is 9.84. The zero-order valence-corrected chi connectivity index (χ0v) is 28.1. The summed E-state index contributed by atoms with van der Waals surface area (Å²) in [6.07, 6.45) is 4.47. The van der Waals surface area contributed by atoms with E-state index in [2.05, 4.69) is 25.1 Å². The summed E-state index contributed by atoms with van der Waals surface area (Å²) in [5, 5.41) is 3.16. The third-order valence-electron chi connectivity index (χ3n) is 9.92. The molecule has 1 aliphatic carbocycles. The van der Waals surface area contributed by atoms with Gasteiger partial charge in [-0.3, -0.25) is 9.59 Å². The first-order chi connectivity index (χ1) is 23.7. The number of ether oxygens (including phenoxy) is 1. The van der Waals surface area contributed by atoms with Gasteiger partial charge in [0.25, 0.3) is 5.91 Å². The van der Waals surface area contributed by atoms with E-state index in [9.17, 15) is 22.8 Å². The van der Waals surface area contributed by atoms with Crippen LogP contribution in [0.4, 0.5) is 24.7 Å². The summed E-state index contributed by atoms with van der Waals surface area (Å²) in [5.74, 6) is 1.20. The minimum atomic E-state index is -4.41. The Hall–Kier alpha value is -4.19. The Balaban J connectivity index is 1.02. The van der Waals surface area contributed by atoms with Gasteiger partial charge in [0.15, 0.2) is 5.82 Å². The van der Waals surface area contributed by atoms with Crippen molar-refractivity contribution in [3.8, 4) is 17.0 Å². The van der Waals surface area contributed by atoms with E-state index in [1.54, 1.807) is 24.3 Å². The Morgan fingerprint density at radius 2 is 1.67 bits per heavy atom. The molecule has 1 aromatic heterocycles. The predicted octanol–water partition coefficient (Wildman–Crippen LogP) is 6.58. The number of amides is 2. The fraction of sp³-hybridized carbons (Fsp3) is 0.514. The fourth-order valence-corrected chi connectivity index (χ4v) is 6.74. The molecule has 0 atom stereocenters. The molecule has 3 aromatic rings. The van der Waals surface area contributed by atoms with Gasteiger partial charge in [0.2, 0.25) is 11.8 Å². The van der Waals surface area contributed by atoms with Gasteiger partial charge in [-0.05, 0) is 87.7 Å². The first-order valence-electron chi connectivity index (χ1n) is 17.6. The third kappa shape index (κ3) is 8.17. The number of likely N-dealkylation sites (tertiary alicyclic amines) is 1. The quantitative estimate of drug-likeness (QED) is 0.204. The maximum atomic E-state index is 13.7. The molecule has 1 saturated carbocycles. The van der Waals surface area contributed by atoms with Gasteiger partial charge in [-0.1, -0.05) is 36.8 Å². The first kappa shape index (κ1) is 34.7. The van der Waals surface area contributed by atoms with Crippen LogP contribution in [0.5, 0.6) is 5.88 Å². The van der Waals surface area contributed by atoms with E-state index in [0.29, 0.717) is 41.4 Å². The van der Waals surface area contributed by atoms with E-state index >= 15 is 0 Å². The Bertz CT molecular complexity index is 1580. The van der Waals surface area contributed by atoms with Crippen molar-refractivity contribution >= 4 is 23.3 Å². The van der Waals surface area contributed by atoms with Crippen LogP contribution in [0.25, 0.3) is 11.1 Å². The van der Waals surface area contributed by atoms with Gasteiger partial charge in [0, 0.05) is 50.2 Å². The minimum Gasteiger partial charge on any atom is -0.476 e. The Morgan fingerprint density at radius 3 is 2.31 bits per heavy atom. The number of hydrogen-bond donors (Lipinski definition) is 1. The molecular formula is C37H45F3N6O3. The summed E-state index contributed by atoms with van der Waals surface area (Å²) in [6.45, 7) is 7.35. The zero-order chi connectivity index (χ0) is 34.4. The number of unbranched alkanes of at least 4 members (excludes halogenated alkanes) is 1.